The molecule has 0 aliphatic heterocycles. The fourth-order valence-corrected chi connectivity index (χ4v) is 8.25. The number of hydrogen-bond donors (Lipinski definition) is 6. The van der Waals surface area contributed by atoms with Crippen molar-refractivity contribution < 1.29 is 29.6 Å². The minimum absolute atomic E-state index is 0.0546. The molecule has 0 radical (unpaired) electrons. The number of aliphatic hydroxyl groups is 2. The highest BCUT2D eigenvalue weighted by Gasteiger charge is 2.45. The number of aromatic hydroxyl groups is 1. The Kier molecular flexibility index (Phi) is 11.7. The largest absolute Gasteiger partial charge is 0.506 e. The number of nitrogens with one attached hydrogen (secondary N) is 3. The average molecular weight is 731 g/mol. The second-order valence-electron chi connectivity index (χ2n) is 12.9. The molecule has 51 heavy (non-hydrogen) atoms. The van der Waals surface area contributed by atoms with Gasteiger partial charge < -0.3 is 40.6 Å². The van der Waals surface area contributed by atoms with Crippen molar-refractivity contribution in [3.8, 4) is 5.75 Å². The zero-order valence-corrected chi connectivity index (χ0v) is 29.8. The number of benzene rings is 2. The van der Waals surface area contributed by atoms with E-state index in [1.807, 2.05) is 54.2 Å². The van der Waals surface area contributed by atoms with Crippen molar-refractivity contribution in [3.05, 3.63) is 115 Å². The summed E-state index contributed by atoms with van der Waals surface area (Å²) < 4.78 is 5.89. The van der Waals surface area contributed by atoms with Gasteiger partial charge in [-0.2, -0.15) is 0 Å². The number of rotatable bonds is 14. The Morgan fingerprint density at radius 1 is 0.980 bits per heavy atom. The van der Waals surface area contributed by atoms with Crippen LogP contribution < -0.4 is 16.2 Å². The van der Waals surface area contributed by atoms with E-state index in [2.05, 4.69) is 20.5 Å². The molecule has 13 heteroatoms. The highest BCUT2D eigenvalue weighted by atomic mass is 32.1. The van der Waals surface area contributed by atoms with Gasteiger partial charge in [0.2, 0.25) is 17.1 Å². The number of aromatic nitrogens is 1. The van der Waals surface area contributed by atoms with Crippen molar-refractivity contribution in [1.82, 2.24) is 15.2 Å². The van der Waals surface area contributed by atoms with Gasteiger partial charge >= 0.3 is 5.97 Å². The molecular weight excluding hydrogens is 689 g/mol. The minimum atomic E-state index is -1.80. The van der Waals surface area contributed by atoms with Gasteiger partial charge in [0.25, 0.3) is 0 Å². The third-order valence-corrected chi connectivity index (χ3v) is 11.4. The van der Waals surface area contributed by atoms with Gasteiger partial charge in [0.05, 0.1) is 21.4 Å². The fourth-order valence-electron chi connectivity index (χ4n) is 6.53. The lowest BCUT2D eigenvalue weighted by Gasteiger charge is -2.35. The lowest BCUT2D eigenvalue weighted by atomic mass is 9.91. The molecule has 6 rings (SSSR count). The van der Waals surface area contributed by atoms with Gasteiger partial charge in [-0.1, -0.05) is 30.3 Å². The van der Waals surface area contributed by atoms with Crippen LogP contribution in [0.2, 0.25) is 0 Å². The Balaban J connectivity index is 0.908. The van der Waals surface area contributed by atoms with Crippen molar-refractivity contribution in [2.24, 2.45) is 0 Å². The summed E-state index contributed by atoms with van der Waals surface area (Å²) in [5.74, 6) is -0.771. The number of fused-ring (bicyclic) bond motifs is 1. The fraction of sp³-hybridized carbons (Fsp3) is 0.342. The zero-order valence-electron chi connectivity index (χ0n) is 28.2. The van der Waals surface area contributed by atoms with Crippen LogP contribution in [0.25, 0.3) is 10.9 Å². The number of ether oxygens (including phenoxy) is 1. The second-order valence-corrected chi connectivity index (χ2v) is 14.8. The number of phenolic OH excluding ortho intramolecular Hbond substituents is 1. The number of H-pyrrole nitrogens is 1. The van der Waals surface area contributed by atoms with E-state index in [1.54, 1.807) is 24.3 Å². The first-order chi connectivity index (χ1) is 24.6. The van der Waals surface area contributed by atoms with E-state index in [1.165, 1.54) is 34.8 Å². The van der Waals surface area contributed by atoms with Crippen LogP contribution in [0, 0.1) is 0 Å². The molecule has 6 N–H and O–H groups in total. The van der Waals surface area contributed by atoms with E-state index in [4.69, 9.17) is 4.74 Å². The molecule has 1 aliphatic carbocycles. The van der Waals surface area contributed by atoms with Crippen LogP contribution >= 0.6 is 22.7 Å². The lowest BCUT2D eigenvalue weighted by molar-refractivity contribution is -0.169. The number of carbonyl (C=O) groups is 2. The first-order valence-corrected chi connectivity index (χ1v) is 18.7. The SMILES string of the molecule is CN(CCC(=O)Nc1ccc(CNC[C@@H](O)c2ccc(O)c3[nH]c(=O)ccc23)cc1)C1CCC(OC(=O)C(O)(c2cccs2)c2cccs2)CC1. The number of aliphatic hydroxyl groups excluding tert-OH is 1. The summed E-state index contributed by atoms with van der Waals surface area (Å²) in [6.07, 6.45) is 2.23. The van der Waals surface area contributed by atoms with Gasteiger partial charge in [0, 0.05) is 49.2 Å². The minimum Gasteiger partial charge on any atom is -0.506 e. The summed E-state index contributed by atoms with van der Waals surface area (Å²) in [5.41, 5.74) is 0.425. The van der Waals surface area contributed by atoms with E-state index >= 15 is 0 Å². The van der Waals surface area contributed by atoms with Gasteiger partial charge in [-0.05, 0) is 91.0 Å². The van der Waals surface area contributed by atoms with Gasteiger partial charge in [0.15, 0.2) is 0 Å². The molecule has 1 aliphatic rings. The zero-order chi connectivity index (χ0) is 36.0. The maximum atomic E-state index is 13.3. The first kappa shape index (κ1) is 36.4. The first-order valence-electron chi connectivity index (χ1n) is 17.0. The molecule has 2 aromatic carbocycles. The van der Waals surface area contributed by atoms with Gasteiger partial charge in [0.1, 0.15) is 11.9 Å². The summed E-state index contributed by atoms with van der Waals surface area (Å²) in [6, 6.07) is 21.0. The highest BCUT2D eigenvalue weighted by molar-refractivity contribution is 7.12. The normalized spacial score (nSPS) is 17.0. The number of thiophene rings is 2. The smallest absolute Gasteiger partial charge is 0.349 e. The standard InChI is InChI=1S/C38H42N4O7S2/c1-42(26-10-12-27(13-11-26)49-37(47)38(48,32-4-2-20-50-32)33-5-3-21-51-33)19-18-35(46)40-25-8-6-24(7-9-25)22-39-23-31(44)28-14-16-30(43)36-29(28)15-17-34(45)41-36/h2-9,14-17,20-21,26-27,31,39,43-44,48H,10-13,18-19,22-23H2,1H3,(H,40,46)(H,41,45)/t26?,27?,31-/m1/s1. The molecule has 0 saturated heterocycles. The topological polar surface area (TPSA) is 164 Å². The number of anilines is 1. The molecule has 1 amide bonds. The van der Waals surface area contributed by atoms with Crippen molar-refractivity contribution in [1.29, 1.82) is 0 Å². The predicted molar refractivity (Wildman–Crippen MR) is 199 cm³/mol. The maximum absolute atomic E-state index is 13.3. The molecule has 11 nitrogen and oxygen atoms in total. The monoisotopic (exact) mass is 730 g/mol. The number of esters is 1. The Bertz CT molecular complexity index is 1940. The molecule has 1 atom stereocenters. The number of aromatic amines is 1. The summed E-state index contributed by atoms with van der Waals surface area (Å²) in [5, 5.41) is 42.8. The lowest BCUT2D eigenvalue weighted by Crippen LogP contribution is -2.42. The van der Waals surface area contributed by atoms with Crippen LogP contribution in [-0.4, -0.2) is 69.4 Å². The van der Waals surface area contributed by atoms with E-state index in [-0.39, 0.29) is 35.9 Å². The third kappa shape index (κ3) is 8.58. The summed E-state index contributed by atoms with van der Waals surface area (Å²) in [7, 11) is 2.01. The predicted octanol–water partition coefficient (Wildman–Crippen LogP) is 5.23. The van der Waals surface area contributed by atoms with Crippen LogP contribution in [0.5, 0.6) is 5.75 Å². The quantitative estimate of drug-likeness (QED) is 0.0840. The molecule has 3 aromatic heterocycles. The molecule has 1 saturated carbocycles. The maximum Gasteiger partial charge on any atom is 0.349 e. The van der Waals surface area contributed by atoms with E-state index in [0.717, 1.165) is 18.4 Å². The van der Waals surface area contributed by atoms with E-state index in [0.29, 0.717) is 64.3 Å². The van der Waals surface area contributed by atoms with Crippen LogP contribution in [0.1, 0.15) is 59.1 Å². The number of nitrogens with zero attached hydrogens (tertiary/aromatic N) is 1. The summed E-state index contributed by atoms with van der Waals surface area (Å²) in [4.78, 5) is 43.7. The molecule has 0 unspecified atom stereocenters. The van der Waals surface area contributed by atoms with Crippen molar-refractivity contribution in [2.45, 2.75) is 62.5 Å². The van der Waals surface area contributed by atoms with Crippen LogP contribution in [-0.2, 0) is 26.5 Å². The van der Waals surface area contributed by atoms with Crippen molar-refractivity contribution in [3.63, 3.8) is 0 Å². The molecule has 3 heterocycles. The Morgan fingerprint density at radius 2 is 1.67 bits per heavy atom. The number of phenols is 1. The van der Waals surface area contributed by atoms with Crippen LogP contribution in [0.3, 0.4) is 0 Å². The van der Waals surface area contributed by atoms with E-state index < -0.39 is 17.7 Å². The molecule has 268 valence electrons. The Labute approximate surface area is 303 Å². The molecule has 5 aromatic rings. The Hall–Kier alpha value is -4.37. The van der Waals surface area contributed by atoms with Crippen molar-refractivity contribution in [2.75, 3.05) is 25.5 Å². The summed E-state index contributed by atoms with van der Waals surface area (Å²) in [6.45, 7) is 1.34. The molecule has 0 spiro atoms. The third-order valence-electron chi connectivity index (χ3n) is 9.45. The van der Waals surface area contributed by atoms with E-state index in [9.17, 15) is 29.7 Å². The van der Waals surface area contributed by atoms with Gasteiger partial charge in [-0.15, -0.1) is 22.7 Å². The van der Waals surface area contributed by atoms with Crippen LogP contribution in [0.4, 0.5) is 5.69 Å². The van der Waals surface area contributed by atoms with Gasteiger partial charge in [-0.25, -0.2) is 4.79 Å². The Morgan fingerprint density at radius 3 is 2.31 bits per heavy atom. The summed E-state index contributed by atoms with van der Waals surface area (Å²) >= 11 is 2.66. The highest BCUT2D eigenvalue weighted by Crippen LogP contribution is 2.38. The van der Waals surface area contributed by atoms with Crippen LogP contribution in [0.15, 0.2) is 88.4 Å². The number of hydrogen-bond acceptors (Lipinski definition) is 11. The molecular formula is C38H42N4O7S2. The molecule has 0 bridgehead atoms. The number of carbonyl (C=O) groups excluding carboxylic acids is 2. The number of amides is 1. The average Bonchev–Trinajstić information content (AvgIpc) is 3.88. The van der Waals surface area contributed by atoms with Crippen molar-refractivity contribution >= 4 is 51.1 Å². The molecule has 1 fully saturated rings. The van der Waals surface area contributed by atoms with Gasteiger partial charge in [-0.3, -0.25) is 9.59 Å². The second kappa shape index (κ2) is 16.3. The number of pyridine rings is 1.